The molecule has 0 unspecified atom stereocenters. The van der Waals surface area contributed by atoms with E-state index in [4.69, 9.17) is 4.52 Å². The van der Waals surface area contributed by atoms with Gasteiger partial charge in [0.15, 0.2) is 5.56 Å². The number of carbonyl (C=O) groups is 2. The van der Waals surface area contributed by atoms with Crippen molar-refractivity contribution in [1.82, 2.24) is 5.16 Å². The fourth-order valence-electron chi connectivity index (χ4n) is 2.68. The van der Waals surface area contributed by atoms with Crippen LogP contribution in [0.5, 0.6) is 0 Å². The van der Waals surface area contributed by atoms with Crippen molar-refractivity contribution in [1.29, 1.82) is 0 Å². The van der Waals surface area contributed by atoms with Crippen molar-refractivity contribution >= 4 is 39.9 Å². The van der Waals surface area contributed by atoms with Crippen LogP contribution in [0.15, 0.2) is 63.8 Å². The van der Waals surface area contributed by atoms with Gasteiger partial charge in [-0.1, -0.05) is 35.5 Å². The third kappa shape index (κ3) is 2.84. The minimum Gasteiger partial charge on any atom is -0.477 e. The van der Waals surface area contributed by atoms with Gasteiger partial charge in [0.1, 0.15) is 5.69 Å². The molecule has 0 aliphatic carbocycles. The second-order valence-electron chi connectivity index (χ2n) is 5.57. The number of carboxylic acids is 1. The summed E-state index contributed by atoms with van der Waals surface area (Å²) in [5.74, 6) is -1.87. The maximum Gasteiger partial charge on any atom is 0.343 e. The molecule has 0 saturated carbocycles. The molecule has 4 rings (SSSR count). The Morgan fingerprint density at radius 3 is 2.62 bits per heavy atom. The molecule has 2 aromatic carbocycles. The number of nitrogens with one attached hydrogen (secondary N) is 1. The molecule has 0 bridgehead atoms. The molecule has 2 aromatic heterocycles. The van der Waals surface area contributed by atoms with E-state index in [-0.39, 0.29) is 17.1 Å². The number of fused-ring (bicyclic) bond motifs is 1. The fraction of sp³-hybridized carbons (Fsp3) is 0. The monoisotopic (exact) mass is 364 g/mol. The summed E-state index contributed by atoms with van der Waals surface area (Å²) in [5.41, 5.74) is 1.04. The molecule has 4 aromatic rings. The topological polar surface area (TPSA) is 92.4 Å². The Bertz CT molecular complexity index is 1120. The summed E-state index contributed by atoms with van der Waals surface area (Å²) >= 11 is 1.41. The van der Waals surface area contributed by atoms with Crippen LogP contribution in [0, 0.1) is 0 Å². The molecule has 2 N–H and O–H groups in total. The molecule has 0 radical (unpaired) electrons. The molecule has 1 amide bonds. The Hall–Kier alpha value is -3.45. The van der Waals surface area contributed by atoms with Gasteiger partial charge in [-0.15, -0.1) is 0 Å². The second kappa shape index (κ2) is 6.45. The van der Waals surface area contributed by atoms with E-state index in [9.17, 15) is 14.7 Å². The van der Waals surface area contributed by atoms with Gasteiger partial charge < -0.3 is 9.63 Å². The van der Waals surface area contributed by atoms with E-state index in [1.165, 1.54) is 11.3 Å². The molecular formula is C19H12N2O4S. The molecule has 2 heterocycles. The highest BCUT2D eigenvalue weighted by Crippen LogP contribution is 2.30. The first kappa shape index (κ1) is 16.0. The molecule has 7 heteroatoms. The smallest absolute Gasteiger partial charge is 0.343 e. The Balaban J connectivity index is 1.68. The third-order valence-corrected chi connectivity index (χ3v) is 4.62. The van der Waals surface area contributed by atoms with Crippen molar-refractivity contribution in [3.63, 3.8) is 0 Å². The van der Waals surface area contributed by atoms with Crippen molar-refractivity contribution in [3.05, 3.63) is 70.4 Å². The van der Waals surface area contributed by atoms with Gasteiger partial charge in [0.05, 0.1) is 0 Å². The summed E-state index contributed by atoms with van der Waals surface area (Å²) in [4.78, 5) is 24.2. The first-order valence-electron chi connectivity index (χ1n) is 7.69. The molecule has 6 nitrogen and oxygen atoms in total. The number of carbonyl (C=O) groups excluding carboxylic acids is 1. The third-order valence-electron chi connectivity index (χ3n) is 3.94. The van der Waals surface area contributed by atoms with Gasteiger partial charge in [0.25, 0.3) is 5.91 Å². The number of amides is 1. The van der Waals surface area contributed by atoms with Crippen molar-refractivity contribution in [2.45, 2.75) is 0 Å². The normalized spacial score (nSPS) is 10.8. The predicted molar refractivity (Wildman–Crippen MR) is 98.7 cm³/mol. The Labute approximate surface area is 151 Å². The van der Waals surface area contributed by atoms with Gasteiger partial charge >= 0.3 is 5.97 Å². The number of carboxylic acid groups (broad SMARTS) is 1. The zero-order valence-electron chi connectivity index (χ0n) is 13.3. The van der Waals surface area contributed by atoms with E-state index < -0.39 is 11.9 Å². The number of nitrogens with zero attached hydrogens (tertiary/aromatic N) is 1. The van der Waals surface area contributed by atoms with Gasteiger partial charge in [-0.2, -0.15) is 11.3 Å². The lowest BCUT2D eigenvalue weighted by Crippen LogP contribution is -2.14. The zero-order valence-corrected chi connectivity index (χ0v) is 14.1. The fourth-order valence-corrected chi connectivity index (χ4v) is 3.32. The van der Waals surface area contributed by atoms with Crippen LogP contribution in [0.25, 0.3) is 22.0 Å². The first-order valence-corrected chi connectivity index (χ1v) is 8.63. The van der Waals surface area contributed by atoms with Crippen molar-refractivity contribution in [2.75, 3.05) is 5.32 Å². The number of hydrogen-bond acceptors (Lipinski definition) is 5. The Kier molecular flexibility index (Phi) is 3.98. The summed E-state index contributed by atoms with van der Waals surface area (Å²) in [6.07, 6.45) is 0. The zero-order chi connectivity index (χ0) is 18.1. The van der Waals surface area contributed by atoms with Crippen LogP contribution in [0.3, 0.4) is 0 Å². The van der Waals surface area contributed by atoms with Crippen LogP contribution >= 0.6 is 11.3 Å². The number of hydrogen-bond donors (Lipinski definition) is 2. The maximum absolute atomic E-state index is 12.5. The molecule has 0 atom stereocenters. The van der Waals surface area contributed by atoms with E-state index in [1.54, 1.807) is 23.6 Å². The standard InChI is InChI=1S/C19H12N2O4S/c22-17(13-6-5-11-3-1-2-4-12(11)9-13)20-18-15(19(23)24)16(21-25-18)14-7-8-26-10-14/h1-10H,(H,20,22)(H,23,24). The number of aromatic nitrogens is 1. The first-order chi connectivity index (χ1) is 12.6. The highest BCUT2D eigenvalue weighted by Gasteiger charge is 2.25. The van der Waals surface area contributed by atoms with Crippen molar-refractivity contribution in [3.8, 4) is 11.3 Å². The van der Waals surface area contributed by atoms with Crippen molar-refractivity contribution in [2.24, 2.45) is 0 Å². The summed E-state index contributed by atoms with van der Waals surface area (Å²) in [6, 6.07) is 14.6. The average Bonchev–Trinajstić information content (AvgIpc) is 3.30. The summed E-state index contributed by atoms with van der Waals surface area (Å²) < 4.78 is 5.10. The van der Waals surface area contributed by atoms with Gasteiger partial charge in [-0.3, -0.25) is 10.1 Å². The van der Waals surface area contributed by atoms with E-state index in [2.05, 4.69) is 10.5 Å². The number of thiophene rings is 1. The predicted octanol–water partition coefficient (Wildman–Crippen LogP) is 4.51. The summed E-state index contributed by atoms with van der Waals surface area (Å²) in [5, 5.41) is 21.3. The Morgan fingerprint density at radius 1 is 1.08 bits per heavy atom. The minimum absolute atomic E-state index is 0.169. The lowest BCUT2D eigenvalue weighted by Gasteiger charge is -2.04. The second-order valence-corrected chi connectivity index (χ2v) is 6.35. The summed E-state index contributed by atoms with van der Waals surface area (Å²) in [7, 11) is 0. The van der Waals surface area contributed by atoms with Gasteiger partial charge in [-0.25, -0.2) is 4.79 Å². The molecule has 0 aliphatic heterocycles. The van der Waals surface area contributed by atoms with Gasteiger partial charge in [0.2, 0.25) is 5.88 Å². The number of aromatic carboxylic acids is 1. The Morgan fingerprint density at radius 2 is 1.88 bits per heavy atom. The number of benzene rings is 2. The SMILES string of the molecule is O=C(Nc1onc(-c2ccsc2)c1C(=O)O)c1ccc2ccccc2c1. The maximum atomic E-state index is 12.5. The van der Waals surface area contributed by atoms with Crippen molar-refractivity contribution < 1.29 is 19.2 Å². The van der Waals surface area contributed by atoms with Crippen LogP contribution in [-0.2, 0) is 0 Å². The molecule has 0 fully saturated rings. The molecule has 128 valence electrons. The van der Waals surface area contributed by atoms with Gasteiger partial charge in [0, 0.05) is 16.5 Å². The molecule has 0 aliphatic rings. The average molecular weight is 364 g/mol. The highest BCUT2D eigenvalue weighted by atomic mass is 32.1. The van der Waals surface area contributed by atoms with Gasteiger partial charge in [-0.05, 0) is 34.4 Å². The molecular weight excluding hydrogens is 352 g/mol. The largest absolute Gasteiger partial charge is 0.477 e. The quantitative estimate of drug-likeness (QED) is 0.556. The number of rotatable bonds is 4. The van der Waals surface area contributed by atoms with Crippen LogP contribution in [-0.4, -0.2) is 22.1 Å². The molecule has 0 saturated heterocycles. The lowest BCUT2D eigenvalue weighted by molar-refractivity contribution is 0.0698. The van der Waals surface area contributed by atoms with E-state index >= 15 is 0 Å². The van der Waals surface area contributed by atoms with Crippen LogP contribution in [0.4, 0.5) is 5.88 Å². The minimum atomic E-state index is -1.22. The van der Waals surface area contributed by atoms with Crippen LogP contribution in [0.2, 0.25) is 0 Å². The molecule has 26 heavy (non-hydrogen) atoms. The van der Waals surface area contributed by atoms with Crippen LogP contribution in [0.1, 0.15) is 20.7 Å². The van der Waals surface area contributed by atoms with E-state index in [0.29, 0.717) is 11.1 Å². The van der Waals surface area contributed by atoms with Crippen LogP contribution < -0.4 is 5.32 Å². The van der Waals surface area contributed by atoms with E-state index in [0.717, 1.165) is 10.8 Å². The lowest BCUT2D eigenvalue weighted by atomic mass is 10.1. The summed E-state index contributed by atoms with van der Waals surface area (Å²) in [6.45, 7) is 0. The number of anilines is 1. The molecule has 0 spiro atoms. The van der Waals surface area contributed by atoms with E-state index in [1.807, 2.05) is 35.7 Å². The highest BCUT2D eigenvalue weighted by molar-refractivity contribution is 7.08.